The van der Waals surface area contributed by atoms with Gasteiger partial charge in [-0.25, -0.2) is 0 Å². The average molecular weight is 554 g/mol. The van der Waals surface area contributed by atoms with Crippen LogP contribution < -0.4 is 15.5 Å². The fraction of sp³-hybridized carbons (Fsp3) is 0.409. The summed E-state index contributed by atoms with van der Waals surface area (Å²) in [6, 6.07) is 14.3. The molecule has 31 heavy (non-hydrogen) atoms. The number of rotatable bonds is 6. The van der Waals surface area contributed by atoms with E-state index in [0.717, 1.165) is 73.5 Å². The van der Waals surface area contributed by atoms with Crippen molar-refractivity contribution < 1.29 is 0 Å². The van der Waals surface area contributed by atoms with E-state index in [-0.39, 0.29) is 24.0 Å². The molecule has 166 valence electrons. The fourth-order valence-corrected chi connectivity index (χ4v) is 4.18. The van der Waals surface area contributed by atoms with E-state index in [0.29, 0.717) is 6.04 Å². The third-order valence-corrected chi connectivity index (χ3v) is 5.75. The van der Waals surface area contributed by atoms with E-state index in [4.69, 9.17) is 11.6 Å². The quantitative estimate of drug-likeness (QED) is 0.211. The van der Waals surface area contributed by atoms with Gasteiger partial charge >= 0.3 is 0 Å². The Kier molecular flexibility index (Phi) is 8.77. The average Bonchev–Trinajstić information content (AvgIpc) is 3.19. The zero-order chi connectivity index (χ0) is 20.8. The maximum absolute atomic E-state index is 6.39. The minimum Gasteiger partial charge on any atom is -0.368 e. The zero-order valence-electron chi connectivity index (χ0n) is 17.7. The highest BCUT2D eigenvalue weighted by molar-refractivity contribution is 14.0. The zero-order valence-corrected chi connectivity index (χ0v) is 20.8. The van der Waals surface area contributed by atoms with E-state index in [1.54, 1.807) is 0 Å². The van der Waals surface area contributed by atoms with Crippen molar-refractivity contribution in [1.29, 1.82) is 0 Å². The molecule has 0 bridgehead atoms. The van der Waals surface area contributed by atoms with Crippen LogP contribution in [0.3, 0.4) is 0 Å². The normalized spacial score (nSPS) is 16.8. The van der Waals surface area contributed by atoms with Crippen LogP contribution in [0.25, 0.3) is 5.65 Å². The number of anilines is 1. The van der Waals surface area contributed by atoms with Crippen molar-refractivity contribution in [2.24, 2.45) is 4.99 Å². The van der Waals surface area contributed by atoms with Gasteiger partial charge in [0.05, 0.1) is 10.7 Å². The number of benzene rings is 1. The standard InChI is InChI=1S/C22H28ClN7.HI/c1-24-22(25-13-6-12-21-28-27-20-11-4-5-15-30(20)21)26-17-8-7-14-29(16-17)19-10-3-2-9-18(19)23;/h2-5,9-11,15,17H,6-8,12-14,16H2,1H3,(H2,24,25,26);1H. The number of nitrogens with one attached hydrogen (secondary N) is 2. The first-order valence-electron chi connectivity index (χ1n) is 10.5. The largest absolute Gasteiger partial charge is 0.368 e. The van der Waals surface area contributed by atoms with Gasteiger partial charge < -0.3 is 15.5 Å². The van der Waals surface area contributed by atoms with Crippen LogP contribution in [0.2, 0.25) is 5.02 Å². The summed E-state index contributed by atoms with van der Waals surface area (Å²) in [5.41, 5.74) is 1.99. The van der Waals surface area contributed by atoms with Gasteiger partial charge in [-0.05, 0) is 43.5 Å². The number of aromatic nitrogens is 3. The predicted molar refractivity (Wildman–Crippen MR) is 138 cm³/mol. The Morgan fingerprint density at radius 1 is 1.19 bits per heavy atom. The number of nitrogens with zero attached hydrogens (tertiary/aromatic N) is 5. The van der Waals surface area contributed by atoms with Crippen molar-refractivity contribution in [2.75, 3.05) is 31.6 Å². The Hall–Kier alpha value is -2.07. The lowest BCUT2D eigenvalue weighted by Crippen LogP contribution is -2.51. The molecule has 1 atom stereocenters. The molecule has 1 saturated heterocycles. The molecule has 4 rings (SSSR count). The SMILES string of the molecule is CN=C(NCCCc1nnc2ccccn12)NC1CCCN(c2ccccc2Cl)C1.I. The fourth-order valence-electron chi connectivity index (χ4n) is 3.92. The Morgan fingerprint density at radius 3 is 2.87 bits per heavy atom. The minimum atomic E-state index is 0. The van der Waals surface area contributed by atoms with Gasteiger partial charge in [-0.2, -0.15) is 0 Å². The lowest BCUT2D eigenvalue weighted by Gasteiger charge is -2.35. The van der Waals surface area contributed by atoms with Gasteiger partial charge in [0.25, 0.3) is 0 Å². The van der Waals surface area contributed by atoms with Crippen molar-refractivity contribution >= 4 is 52.9 Å². The number of hydrogen-bond donors (Lipinski definition) is 2. The lowest BCUT2D eigenvalue weighted by atomic mass is 10.0. The van der Waals surface area contributed by atoms with Crippen molar-refractivity contribution in [3.8, 4) is 0 Å². The topological polar surface area (TPSA) is 69.8 Å². The molecule has 3 aromatic rings. The number of guanidine groups is 1. The molecule has 2 N–H and O–H groups in total. The molecule has 3 heterocycles. The van der Waals surface area contributed by atoms with Crippen molar-refractivity contribution in [1.82, 2.24) is 25.2 Å². The van der Waals surface area contributed by atoms with Crippen LogP contribution in [0.4, 0.5) is 5.69 Å². The molecule has 1 unspecified atom stereocenters. The molecule has 0 saturated carbocycles. The molecule has 7 nitrogen and oxygen atoms in total. The number of aliphatic imine (C=N–C) groups is 1. The summed E-state index contributed by atoms with van der Waals surface area (Å²) in [5, 5.41) is 16.3. The van der Waals surface area contributed by atoms with Gasteiger partial charge in [-0.1, -0.05) is 29.8 Å². The van der Waals surface area contributed by atoms with Crippen LogP contribution in [0.5, 0.6) is 0 Å². The summed E-state index contributed by atoms with van der Waals surface area (Å²) in [4.78, 5) is 6.75. The molecule has 0 radical (unpaired) electrons. The number of aryl methyl sites for hydroxylation is 1. The van der Waals surface area contributed by atoms with Gasteiger partial charge in [-0.3, -0.25) is 9.39 Å². The molecule has 0 amide bonds. The Bertz CT molecular complexity index is 1010. The number of piperidine rings is 1. The summed E-state index contributed by atoms with van der Waals surface area (Å²) in [7, 11) is 1.82. The number of halogens is 2. The van der Waals surface area contributed by atoms with Crippen molar-refractivity contribution in [2.45, 2.75) is 31.7 Å². The summed E-state index contributed by atoms with van der Waals surface area (Å²) in [5.74, 6) is 1.82. The van der Waals surface area contributed by atoms with Gasteiger partial charge in [0.1, 0.15) is 5.82 Å². The highest BCUT2D eigenvalue weighted by Crippen LogP contribution is 2.27. The maximum atomic E-state index is 6.39. The molecule has 1 aromatic carbocycles. The van der Waals surface area contributed by atoms with E-state index in [1.807, 2.05) is 54.0 Å². The van der Waals surface area contributed by atoms with Crippen LogP contribution in [0, 0.1) is 0 Å². The maximum Gasteiger partial charge on any atom is 0.191 e. The minimum absolute atomic E-state index is 0. The van der Waals surface area contributed by atoms with E-state index in [2.05, 4.69) is 36.8 Å². The summed E-state index contributed by atoms with van der Waals surface area (Å²) in [6.07, 6.45) is 6.06. The second kappa shape index (κ2) is 11.5. The molecule has 0 aliphatic carbocycles. The summed E-state index contributed by atoms with van der Waals surface area (Å²) in [6.45, 7) is 2.76. The Labute approximate surface area is 205 Å². The van der Waals surface area contributed by atoms with E-state index < -0.39 is 0 Å². The molecule has 2 aromatic heterocycles. The van der Waals surface area contributed by atoms with Crippen molar-refractivity contribution in [3.63, 3.8) is 0 Å². The Balaban J connectivity index is 0.00000272. The number of pyridine rings is 1. The third kappa shape index (κ3) is 6.00. The third-order valence-electron chi connectivity index (χ3n) is 5.43. The lowest BCUT2D eigenvalue weighted by molar-refractivity contribution is 0.468. The van der Waals surface area contributed by atoms with Crippen LogP contribution in [0.1, 0.15) is 25.1 Å². The first-order valence-corrected chi connectivity index (χ1v) is 10.9. The highest BCUT2D eigenvalue weighted by Gasteiger charge is 2.22. The second-order valence-electron chi connectivity index (χ2n) is 7.53. The number of fused-ring (bicyclic) bond motifs is 1. The molecular formula is C22H29ClIN7. The summed E-state index contributed by atoms with van der Waals surface area (Å²) < 4.78 is 2.04. The molecule has 1 fully saturated rings. The van der Waals surface area contributed by atoms with Gasteiger partial charge in [-0.15, -0.1) is 34.2 Å². The molecule has 0 spiro atoms. The molecule has 1 aliphatic heterocycles. The number of hydrogen-bond acceptors (Lipinski definition) is 4. The monoisotopic (exact) mass is 553 g/mol. The van der Waals surface area contributed by atoms with Crippen LogP contribution >= 0.6 is 35.6 Å². The van der Waals surface area contributed by atoms with Gasteiger partial charge in [0, 0.05) is 45.3 Å². The first-order chi connectivity index (χ1) is 14.7. The van der Waals surface area contributed by atoms with E-state index >= 15 is 0 Å². The smallest absolute Gasteiger partial charge is 0.191 e. The molecule has 1 aliphatic rings. The Morgan fingerprint density at radius 2 is 2.03 bits per heavy atom. The van der Waals surface area contributed by atoms with Gasteiger partial charge in [0.15, 0.2) is 11.6 Å². The van der Waals surface area contributed by atoms with Crippen molar-refractivity contribution in [3.05, 3.63) is 59.5 Å². The van der Waals surface area contributed by atoms with Gasteiger partial charge in [0.2, 0.25) is 0 Å². The van der Waals surface area contributed by atoms with Crippen LogP contribution in [0.15, 0.2) is 53.7 Å². The number of para-hydroxylation sites is 1. The summed E-state index contributed by atoms with van der Waals surface area (Å²) >= 11 is 6.39. The molecular weight excluding hydrogens is 525 g/mol. The van der Waals surface area contributed by atoms with Crippen LogP contribution in [-0.2, 0) is 6.42 Å². The van der Waals surface area contributed by atoms with Crippen LogP contribution in [-0.4, -0.2) is 53.3 Å². The second-order valence-corrected chi connectivity index (χ2v) is 7.94. The predicted octanol–water partition coefficient (Wildman–Crippen LogP) is 3.77. The highest BCUT2D eigenvalue weighted by atomic mass is 127. The first kappa shape index (κ1) is 23.6. The molecule has 9 heteroatoms. The van der Waals surface area contributed by atoms with E-state index in [1.165, 1.54) is 0 Å². The van der Waals surface area contributed by atoms with E-state index in [9.17, 15) is 0 Å².